The highest BCUT2D eigenvalue weighted by Gasteiger charge is 2.04. The molecule has 0 radical (unpaired) electrons. The number of hydrogen-bond donors (Lipinski definition) is 2. The number of amides is 2. The number of unbranched alkanes of at least 4 members (excludes halogenated alkanes) is 3. The molecule has 0 aromatic carbocycles. The zero-order valence-electron chi connectivity index (χ0n) is 15.8. The normalized spacial score (nSPS) is 12.2. The Morgan fingerprint density at radius 3 is 1.38 bits per heavy atom. The maximum absolute atomic E-state index is 11.6. The first kappa shape index (κ1) is 22.3. The van der Waals surface area contributed by atoms with Gasteiger partial charge >= 0.3 is 0 Å². The van der Waals surface area contributed by atoms with Crippen molar-refractivity contribution in [1.82, 2.24) is 10.9 Å². The van der Waals surface area contributed by atoms with Crippen LogP contribution in [0.2, 0.25) is 0 Å². The molecule has 0 rings (SSSR count). The zero-order valence-corrected chi connectivity index (χ0v) is 15.8. The van der Waals surface area contributed by atoms with E-state index >= 15 is 0 Å². The summed E-state index contributed by atoms with van der Waals surface area (Å²) in [4.78, 5) is 23.3. The van der Waals surface area contributed by atoms with E-state index in [-0.39, 0.29) is 11.8 Å². The van der Waals surface area contributed by atoms with Crippen molar-refractivity contribution in [2.24, 2.45) is 10.2 Å². The van der Waals surface area contributed by atoms with Gasteiger partial charge in [0, 0.05) is 24.3 Å². The number of nitrogens with zero attached hydrogens (tertiary/aromatic N) is 2. The average Bonchev–Trinajstić information content (AvgIpc) is 2.58. The van der Waals surface area contributed by atoms with Crippen molar-refractivity contribution in [1.29, 1.82) is 0 Å². The second-order valence-electron chi connectivity index (χ2n) is 6.18. The van der Waals surface area contributed by atoms with E-state index in [1.54, 1.807) is 0 Å². The lowest BCUT2D eigenvalue weighted by Gasteiger charge is -2.03. The van der Waals surface area contributed by atoms with Gasteiger partial charge in [0.2, 0.25) is 11.8 Å². The lowest BCUT2D eigenvalue weighted by molar-refractivity contribution is -0.123. The van der Waals surface area contributed by atoms with E-state index in [1.165, 1.54) is 0 Å². The molecule has 0 unspecified atom stereocenters. The Morgan fingerprint density at radius 1 is 0.667 bits per heavy atom. The quantitative estimate of drug-likeness (QED) is 0.303. The van der Waals surface area contributed by atoms with Crippen molar-refractivity contribution in [3.05, 3.63) is 0 Å². The van der Waals surface area contributed by atoms with Gasteiger partial charge in [0.15, 0.2) is 0 Å². The highest BCUT2D eigenvalue weighted by Crippen LogP contribution is 2.01. The molecule has 2 amide bonds. The molecular weight excluding hydrogens is 304 g/mol. The van der Waals surface area contributed by atoms with Gasteiger partial charge in [-0.1, -0.05) is 26.7 Å². The first-order valence-electron chi connectivity index (χ1n) is 9.13. The summed E-state index contributed by atoms with van der Waals surface area (Å²) in [7, 11) is 0. The van der Waals surface area contributed by atoms with Crippen LogP contribution in [0.3, 0.4) is 0 Å². The van der Waals surface area contributed by atoms with E-state index in [2.05, 4.69) is 34.9 Å². The fraction of sp³-hybridized carbons (Fsp3) is 0.778. The smallest absolute Gasteiger partial charge is 0.240 e. The van der Waals surface area contributed by atoms with Gasteiger partial charge in [-0.05, 0) is 52.4 Å². The van der Waals surface area contributed by atoms with Crippen molar-refractivity contribution in [2.45, 2.75) is 91.9 Å². The van der Waals surface area contributed by atoms with E-state index < -0.39 is 0 Å². The number of carbonyl (C=O) groups is 2. The van der Waals surface area contributed by atoms with E-state index in [0.717, 1.165) is 49.9 Å². The molecule has 6 nitrogen and oxygen atoms in total. The third-order valence-corrected chi connectivity index (χ3v) is 3.58. The van der Waals surface area contributed by atoms with E-state index in [9.17, 15) is 9.59 Å². The largest absolute Gasteiger partial charge is 0.273 e. The van der Waals surface area contributed by atoms with Gasteiger partial charge in [-0.2, -0.15) is 10.2 Å². The number of rotatable bonds is 13. The van der Waals surface area contributed by atoms with Crippen LogP contribution in [0.5, 0.6) is 0 Å². The summed E-state index contributed by atoms with van der Waals surface area (Å²) in [6.07, 6.45) is 8.33. The lowest BCUT2D eigenvalue weighted by Crippen LogP contribution is -2.20. The van der Waals surface area contributed by atoms with Crippen LogP contribution in [0.1, 0.15) is 91.9 Å². The SMILES string of the molecule is CCCCC(C)=NNC(=O)CCCCC(=O)NN=C(C)CCCC. The van der Waals surface area contributed by atoms with Gasteiger partial charge in [0.1, 0.15) is 0 Å². The van der Waals surface area contributed by atoms with E-state index in [0.29, 0.717) is 25.7 Å². The number of carbonyl (C=O) groups excluding carboxylic acids is 2. The molecule has 0 spiro atoms. The van der Waals surface area contributed by atoms with Gasteiger partial charge in [-0.25, -0.2) is 10.9 Å². The molecule has 0 aliphatic carbocycles. The number of nitrogens with one attached hydrogen (secondary N) is 2. The van der Waals surface area contributed by atoms with Crippen molar-refractivity contribution in [2.75, 3.05) is 0 Å². The van der Waals surface area contributed by atoms with Crippen molar-refractivity contribution in [3.8, 4) is 0 Å². The Morgan fingerprint density at radius 2 is 1.04 bits per heavy atom. The van der Waals surface area contributed by atoms with Crippen LogP contribution in [-0.4, -0.2) is 23.2 Å². The monoisotopic (exact) mass is 338 g/mol. The van der Waals surface area contributed by atoms with Crippen LogP contribution in [0.4, 0.5) is 0 Å². The molecule has 0 aromatic rings. The molecule has 0 atom stereocenters. The van der Waals surface area contributed by atoms with Crippen LogP contribution < -0.4 is 10.9 Å². The summed E-state index contributed by atoms with van der Waals surface area (Å²) in [5, 5.41) is 8.14. The van der Waals surface area contributed by atoms with Gasteiger partial charge in [0.05, 0.1) is 0 Å². The second kappa shape index (κ2) is 14.8. The third kappa shape index (κ3) is 13.9. The highest BCUT2D eigenvalue weighted by atomic mass is 16.2. The molecule has 0 saturated heterocycles. The van der Waals surface area contributed by atoms with Gasteiger partial charge < -0.3 is 0 Å². The summed E-state index contributed by atoms with van der Waals surface area (Å²) >= 11 is 0. The minimum Gasteiger partial charge on any atom is -0.273 e. The molecular formula is C18H34N4O2. The van der Waals surface area contributed by atoms with Crippen LogP contribution >= 0.6 is 0 Å². The third-order valence-electron chi connectivity index (χ3n) is 3.58. The molecule has 24 heavy (non-hydrogen) atoms. The Bertz CT molecular complexity index is 391. The molecule has 0 heterocycles. The van der Waals surface area contributed by atoms with Gasteiger partial charge in [-0.3, -0.25) is 9.59 Å². The predicted octanol–water partition coefficient (Wildman–Crippen LogP) is 3.91. The Hall–Kier alpha value is -1.72. The summed E-state index contributed by atoms with van der Waals surface area (Å²) in [5.74, 6) is -0.195. The first-order valence-corrected chi connectivity index (χ1v) is 9.13. The number of hydrazone groups is 2. The van der Waals surface area contributed by atoms with E-state index in [4.69, 9.17) is 0 Å². The molecule has 0 fully saturated rings. The molecule has 6 heteroatoms. The fourth-order valence-corrected chi connectivity index (χ4v) is 1.98. The lowest BCUT2D eigenvalue weighted by atomic mass is 10.2. The Kier molecular flexibility index (Phi) is 13.8. The minimum absolute atomic E-state index is 0.0975. The van der Waals surface area contributed by atoms with Crippen molar-refractivity contribution in [3.63, 3.8) is 0 Å². The highest BCUT2D eigenvalue weighted by molar-refractivity contribution is 5.85. The van der Waals surface area contributed by atoms with E-state index in [1.807, 2.05) is 13.8 Å². The molecule has 0 aliphatic rings. The van der Waals surface area contributed by atoms with Crippen molar-refractivity contribution < 1.29 is 9.59 Å². The summed E-state index contributed by atoms with van der Waals surface area (Å²) in [5.41, 5.74) is 7.02. The van der Waals surface area contributed by atoms with Crippen molar-refractivity contribution >= 4 is 23.2 Å². The minimum atomic E-state index is -0.0975. The molecule has 138 valence electrons. The Balaban J connectivity index is 3.77. The molecule has 0 aliphatic heterocycles. The maximum atomic E-state index is 11.6. The van der Waals surface area contributed by atoms with Crippen LogP contribution in [0, 0.1) is 0 Å². The molecule has 2 N–H and O–H groups in total. The van der Waals surface area contributed by atoms with Gasteiger partial charge in [-0.15, -0.1) is 0 Å². The second-order valence-corrected chi connectivity index (χ2v) is 6.18. The Labute approximate surface area is 146 Å². The van der Waals surface area contributed by atoms with Crippen LogP contribution in [-0.2, 0) is 9.59 Å². The molecule has 0 saturated carbocycles. The first-order chi connectivity index (χ1) is 11.5. The zero-order chi connectivity index (χ0) is 18.2. The standard InChI is InChI=1S/C18H34N4O2/c1-5-7-11-15(3)19-21-17(23)13-9-10-14-18(24)22-20-16(4)12-8-6-2/h5-14H2,1-4H3,(H,21,23)(H,22,24). The van der Waals surface area contributed by atoms with Crippen LogP contribution in [0.15, 0.2) is 10.2 Å². The molecule has 0 bridgehead atoms. The molecule has 0 aromatic heterocycles. The maximum Gasteiger partial charge on any atom is 0.240 e. The van der Waals surface area contributed by atoms with Gasteiger partial charge in [0.25, 0.3) is 0 Å². The summed E-state index contributed by atoms with van der Waals surface area (Å²) in [6.45, 7) is 8.09. The van der Waals surface area contributed by atoms with Crippen LogP contribution in [0.25, 0.3) is 0 Å². The topological polar surface area (TPSA) is 82.9 Å². The average molecular weight is 338 g/mol. The summed E-state index contributed by atoms with van der Waals surface area (Å²) < 4.78 is 0. The summed E-state index contributed by atoms with van der Waals surface area (Å²) in [6, 6.07) is 0. The number of hydrogen-bond acceptors (Lipinski definition) is 4. The fourth-order valence-electron chi connectivity index (χ4n) is 1.98. The predicted molar refractivity (Wildman–Crippen MR) is 100 cm³/mol.